The maximum atomic E-state index is 5.41. The molecule has 0 saturated heterocycles. The molecule has 2 heterocycles. The Balaban J connectivity index is 1.04. The topological polar surface area (TPSA) is 43.6 Å². The lowest BCUT2D eigenvalue weighted by Crippen LogP contribution is -2.14. The van der Waals surface area contributed by atoms with Crippen LogP contribution < -0.4 is 0 Å². The maximum absolute atomic E-state index is 5.41. The van der Waals surface area contributed by atoms with E-state index in [2.05, 4.69) is 219 Å². The largest absolute Gasteiger partial charge is 0.309 e. The first-order valence-corrected chi connectivity index (χ1v) is 21.9. The van der Waals surface area contributed by atoms with Gasteiger partial charge < -0.3 is 4.57 Å². The Kier molecular flexibility index (Phi) is 8.80. The van der Waals surface area contributed by atoms with Gasteiger partial charge in [-0.1, -0.05) is 178 Å². The molecule has 0 spiro atoms. The normalized spacial score (nSPS) is 12.7. The first kappa shape index (κ1) is 37.5. The van der Waals surface area contributed by atoms with Crippen molar-refractivity contribution in [2.45, 2.75) is 19.3 Å². The molecule has 9 aromatic carbocycles. The van der Waals surface area contributed by atoms with E-state index >= 15 is 0 Å². The summed E-state index contributed by atoms with van der Waals surface area (Å²) in [6.45, 7) is 4.67. The molecule has 12 rings (SSSR count). The average Bonchev–Trinajstić information content (AvgIpc) is 3.82. The van der Waals surface area contributed by atoms with Gasteiger partial charge in [0.1, 0.15) is 0 Å². The van der Waals surface area contributed by atoms with Crippen molar-refractivity contribution in [2.24, 2.45) is 0 Å². The molecule has 0 bridgehead atoms. The first-order chi connectivity index (χ1) is 31.5. The molecule has 2 aromatic heterocycles. The molecular formula is C60H42N4. The fourth-order valence-electron chi connectivity index (χ4n) is 9.87. The molecule has 0 unspecified atom stereocenters. The van der Waals surface area contributed by atoms with E-state index in [1.54, 1.807) is 0 Å². The molecule has 11 aromatic rings. The number of benzene rings is 9. The number of hydrogen-bond acceptors (Lipinski definition) is 3. The Morgan fingerprint density at radius 3 is 1.55 bits per heavy atom. The first-order valence-electron chi connectivity index (χ1n) is 21.9. The Bertz CT molecular complexity index is 3500. The summed E-state index contributed by atoms with van der Waals surface area (Å²) in [6, 6.07) is 77.9. The lowest BCUT2D eigenvalue weighted by Gasteiger charge is -2.21. The van der Waals surface area contributed by atoms with E-state index in [1.165, 1.54) is 55.2 Å². The molecule has 0 radical (unpaired) electrons. The zero-order valence-electron chi connectivity index (χ0n) is 35.6. The van der Waals surface area contributed by atoms with Gasteiger partial charge in [-0.05, 0) is 110 Å². The van der Waals surface area contributed by atoms with E-state index in [9.17, 15) is 0 Å². The van der Waals surface area contributed by atoms with E-state index in [0.29, 0.717) is 17.5 Å². The van der Waals surface area contributed by atoms with Crippen molar-refractivity contribution in [2.75, 3.05) is 0 Å². The second-order valence-corrected chi connectivity index (χ2v) is 17.2. The quantitative estimate of drug-likeness (QED) is 0.161. The highest BCUT2D eigenvalue weighted by molar-refractivity contribution is 6.10. The van der Waals surface area contributed by atoms with Gasteiger partial charge in [0.05, 0.1) is 11.0 Å². The maximum Gasteiger partial charge on any atom is 0.164 e. The summed E-state index contributed by atoms with van der Waals surface area (Å²) in [7, 11) is 0. The lowest BCUT2D eigenvalue weighted by atomic mass is 9.82. The van der Waals surface area contributed by atoms with Crippen LogP contribution in [0.2, 0.25) is 0 Å². The van der Waals surface area contributed by atoms with Crippen molar-refractivity contribution in [3.63, 3.8) is 0 Å². The van der Waals surface area contributed by atoms with Crippen LogP contribution in [0, 0.1) is 0 Å². The number of fused-ring (bicyclic) bond motifs is 6. The van der Waals surface area contributed by atoms with E-state index in [4.69, 9.17) is 15.0 Å². The third-order valence-corrected chi connectivity index (χ3v) is 13.0. The Morgan fingerprint density at radius 1 is 0.328 bits per heavy atom. The third-order valence-electron chi connectivity index (χ3n) is 13.0. The minimum absolute atomic E-state index is 0.237. The van der Waals surface area contributed by atoms with Crippen LogP contribution in [-0.2, 0) is 5.41 Å². The van der Waals surface area contributed by atoms with Crippen LogP contribution in [0.15, 0.2) is 218 Å². The number of nitrogens with zero attached hydrogens (tertiary/aromatic N) is 4. The predicted octanol–water partition coefficient (Wildman–Crippen LogP) is 15.3. The summed E-state index contributed by atoms with van der Waals surface area (Å²) >= 11 is 0. The van der Waals surface area contributed by atoms with Crippen molar-refractivity contribution in [3.8, 4) is 84.4 Å². The van der Waals surface area contributed by atoms with Crippen LogP contribution in [0.1, 0.15) is 25.0 Å². The molecule has 0 amide bonds. The van der Waals surface area contributed by atoms with Crippen molar-refractivity contribution in [1.82, 2.24) is 19.5 Å². The fourth-order valence-corrected chi connectivity index (χ4v) is 9.87. The van der Waals surface area contributed by atoms with Gasteiger partial charge in [0, 0.05) is 38.6 Å². The Morgan fingerprint density at radius 2 is 0.859 bits per heavy atom. The zero-order chi connectivity index (χ0) is 42.8. The van der Waals surface area contributed by atoms with Crippen LogP contribution >= 0.6 is 0 Å². The zero-order valence-corrected chi connectivity index (χ0v) is 35.6. The number of rotatable bonds is 7. The summed E-state index contributed by atoms with van der Waals surface area (Å²) in [4.78, 5) is 16.0. The van der Waals surface area contributed by atoms with E-state index in [-0.39, 0.29) is 5.41 Å². The Labute approximate surface area is 372 Å². The smallest absolute Gasteiger partial charge is 0.164 e. The summed E-state index contributed by atoms with van der Waals surface area (Å²) in [5.41, 5.74) is 17.9. The second-order valence-electron chi connectivity index (χ2n) is 17.2. The third kappa shape index (κ3) is 6.26. The minimum Gasteiger partial charge on any atom is -0.309 e. The van der Waals surface area contributed by atoms with Crippen molar-refractivity contribution in [3.05, 3.63) is 230 Å². The van der Waals surface area contributed by atoms with Crippen LogP contribution in [0.3, 0.4) is 0 Å². The highest BCUT2D eigenvalue weighted by Crippen LogP contribution is 2.53. The van der Waals surface area contributed by atoms with Crippen LogP contribution in [0.4, 0.5) is 0 Å². The molecule has 0 N–H and O–H groups in total. The van der Waals surface area contributed by atoms with E-state index in [1.807, 2.05) is 18.2 Å². The minimum atomic E-state index is -0.237. The predicted molar refractivity (Wildman–Crippen MR) is 264 cm³/mol. The summed E-state index contributed by atoms with van der Waals surface area (Å²) in [5.74, 6) is 1.92. The molecule has 0 aliphatic heterocycles. The van der Waals surface area contributed by atoms with Crippen LogP contribution in [0.25, 0.3) is 106 Å². The second kappa shape index (κ2) is 15.0. The fraction of sp³-hybridized carbons (Fsp3) is 0.0500. The van der Waals surface area contributed by atoms with Crippen LogP contribution in [0.5, 0.6) is 0 Å². The van der Waals surface area contributed by atoms with Crippen molar-refractivity contribution in [1.29, 1.82) is 0 Å². The molecule has 64 heavy (non-hydrogen) atoms. The van der Waals surface area contributed by atoms with Gasteiger partial charge >= 0.3 is 0 Å². The summed E-state index contributed by atoms with van der Waals surface area (Å²) in [5, 5.41) is 2.47. The number of hydrogen-bond donors (Lipinski definition) is 0. The summed E-state index contributed by atoms with van der Waals surface area (Å²) in [6.07, 6.45) is 0. The van der Waals surface area contributed by atoms with Crippen molar-refractivity contribution >= 4 is 21.8 Å². The lowest BCUT2D eigenvalue weighted by molar-refractivity contribution is 0.660. The summed E-state index contributed by atoms with van der Waals surface area (Å²) < 4.78 is 2.37. The molecular weight excluding hydrogens is 777 g/mol. The SMILES string of the molecule is CC1(C)c2ccc(-c3ccc4c(c3)c3ccccc3n4-c3ccccc3)cc2-c2c(-c3nc(-c4ccccc4)nc(-c4cc(-c5ccccc5)cc(-c5ccccc5)c4)n3)cccc21. The monoisotopic (exact) mass is 818 g/mol. The van der Waals surface area contributed by atoms with Gasteiger partial charge in [-0.3, -0.25) is 0 Å². The van der Waals surface area contributed by atoms with Gasteiger partial charge in [0.2, 0.25) is 0 Å². The molecule has 302 valence electrons. The van der Waals surface area contributed by atoms with Gasteiger partial charge in [-0.15, -0.1) is 0 Å². The van der Waals surface area contributed by atoms with Gasteiger partial charge in [0.25, 0.3) is 0 Å². The number of para-hydroxylation sites is 2. The highest BCUT2D eigenvalue weighted by Gasteiger charge is 2.37. The molecule has 1 aliphatic rings. The van der Waals surface area contributed by atoms with Gasteiger partial charge in [-0.2, -0.15) is 0 Å². The molecule has 4 heteroatoms. The van der Waals surface area contributed by atoms with E-state index in [0.717, 1.165) is 44.6 Å². The standard InChI is InChI=1S/C60H42N4/c1-60(2)52-32-30-42(43-31-33-55-50(37-43)48-26-15-16-29-54(48)64(55)47-24-13-6-14-25-47)38-51(52)56-49(27-17-28-53(56)60)59-62-57(41-22-11-5-12-23-41)61-58(63-59)46-35-44(39-18-7-3-8-19-39)34-45(36-46)40-20-9-4-10-21-40/h3-38H,1-2H3. The highest BCUT2D eigenvalue weighted by atomic mass is 15.0. The van der Waals surface area contributed by atoms with Gasteiger partial charge in [-0.25, -0.2) is 15.0 Å². The molecule has 4 nitrogen and oxygen atoms in total. The van der Waals surface area contributed by atoms with E-state index < -0.39 is 0 Å². The molecule has 1 aliphatic carbocycles. The molecule has 0 fully saturated rings. The van der Waals surface area contributed by atoms with Crippen molar-refractivity contribution < 1.29 is 0 Å². The van der Waals surface area contributed by atoms with Gasteiger partial charge in [0.15, 0.2) is 17.5 Å². The average molecular weight is 819 g/mol. The Hall–Kier alpha value is -8.21. The molecule has 0 saturated carbocycles. The van der Waals surface area contributed by atoms with Crippen LogP contribution in [-0.4, -0.2) is 19.5 Å². The molecule has 0 atom stereocenters. The number of aromatic nitrogens is 4.